The van der Waals surface area contributed by atoms with Gasteiger partial charge in [0.1, 0.15) is 15.7 Å². The zero-order valence-electron chi connectivity index (χ0n) is 16.4. The van der Waals surface area contributed by atoms with E-state index in [9.17, 15) is 14.0 Å². The van der Waals surface area contributed by atoms with Crippen LogP contribution in [0.15, 0.2) is 52.9 Å². The van der Waals surface area contributed by atoms with Gasteiger partial charge in [0.05, 0.1) is 11.9 Å². The maximum absolute atomic E-state index is 14.0. The van der Waals surface area contributed by atoms with E-state index in [0.29, 0.717) is 53.1 Å². The van der Waals surface area contributed by atoms with Crippen LogP contribution in [-0.4, -0.2) is 56.3 Å². The number of piperazine rings is 1. The van der Waals surface area contributed by atoms with Gasteiger partial charge in [-0.2, -0.15) is 0 Å². The van der Waals surface area contributed by atoms with E-state index >= 15 is 0 Å². The van der Waals surface area contributed by atoms with Gasteiger partial charge < -0.3 is 4.90 Å². The number of hydrogen-bond donors (Lipinski definition) is 0. The van der Waals surface area contributed by atoms with Crippen LogP contribution in [0.2, 0.25) is 0 Å². The fourth-order valence-corrected chi connectivity index (χ4v) is 5.24. The Kier molecular flexibility index (Phi) is 5.34. The van der Waals surface area contributed by atoms with Crippen LogP contribution < -0.4 is 5.56 Å². The lowest BCUT2D eigenvalue weighted by atomic mass is 10.2. The summed E-state index contributed by atoms with van der Waals surface area (Å²) < 4.78 is 15.5. The van der Waals surface area contributed by atoms with Crippen LogP contribution >= 0.6 is 22.7 Å². The predicted octanol–water partition coefficient (Wildman–Crippen LogP) is 2.98. The van der Waals surface area contributed by atoms with Gasteiger partial charge in [-0.3, -0.25) is 18.9 Å². The fraction of sp³-hybridized carbons (Fsp3) is 0.238. The molecule has 0 saturated carbocycles. The minimum Gasteiger partial charge on any atom is -0.335 e. The molecular weight excluding hydrogens is 437 g/mol. The average molecular weight is 456 g/mol. The molecule has 3 aromatic heterocycles. The number of nitrogens with zero attached hydrogens (tertiary/aromatic N) is 5. The summed E-state index contributed by atoms with van der Waals surface area (Å²) in [6.45, 7) is 3.11. The van der Waals surface area contributed by atoms with Gasteiger partial charge in [-0.1, -0.05) is 12.1 Å². The van der Waals surface area contributed by atoms with Crippen molar-refractivity contribution in [3.63, 3.8) is 0 Å². The first-order valence-electron chi connectivity index (χ1n) is 9.76. The van der Waals surface area contributed by atoms with Gasteiger partial charge in [0, 0.05) is 55.9 Å². The minimum absolute atomic E-state index is 0.0779. The Morgan fingerprint density at radius 3 is 2.77 bits per heavy atom. The van der Waals surface area contributed by atoms with E-state index in [1.807, 2.05) is 5.38 Å². The van der Waals surface area contributed by atoms with Crippen molar-refractivity contribution >= 4 is 33.5 Å². The van der Waals surface area contributed by atoms with E-state index in [-0.39, 0.29) is 17.3 Å². The number of aromatic nitrogens is 3. The van der Waals surface area contributed by atoms with Gasteiger partial charge in [-0.05, 0) is 12.1 Å². The second kappa shape index (κ2) is 8.29. The highest BCUT2D eigenvalue weighted by Gasteiger charge is 2.24. The maximum Gasteiger partial charge on any atom is 0.265 e. The molecule has 1 saturated heterocycles. The summed E-state index contributed by atoms with van der Waals surface area (Å²) in [5, 5.41) is 2.34. The van der Waals surface area contributed by atoms with E-state index in [1.54, 1.807) is 35.4 Å². The zero-order chi connectivity index (χ0) is 21.4. The molecule has 0 radical (unpaired) electrons. The maximum atomic E-state index is 14.0. The van der Waals surface area contributed by atoms with Crippen molar-refractivity contribution in [2.45, 2.75) is 6.54 Å². The monoisotopic (exact) mass is 455 g/mol. The number of benzene rings is 1. The Hall–Kier alpha value is -2.95. The SMILES string of the molecule is O=C(c1cnc(-c2ccccc2F)s1)N1CCN(Cc2cc(=O)n3ccsc3n2)CC1. The zero-order valence-corrected chi connectivity index (χ0v) is 18.0. The van der Waals surface area contributed by atoms with Crippen LogP contribution in [0.3, 0.4) is 0 Å². The highest BCUT2D eigenvalue weighted by atomic mass is 32.1. The van der Waals surface area contributed by atoms with Crippen molar-refractivity contribution in [1.29, 1.82) is 0 Å². The van der Waals surface area contributed by atoms with Crippen LogP contribution in [0, 0.1) is 5.82 Å². The molecule has 0 aliphatic carbocycles. The average Bonchev–Trinajstić information content (AvgIpc) is 3.44. The standard InChI is InChI=1S/C21H18FN5O2S2/c22-16-4-2-1-3-15(16)19-23-12-17(31-19)20(29)26-7-5-25(6-8-26)13-14-11-18(28)27-9-10-30-21(27)24-14/h1-4,9-12H,5-8,13H2. The van der Waals surface area contributed by atoms with Crippen molar-refractivity contribution in [3.8, 4) is 10.6 Å². The van der Waals surface area contributed by atoms with Crippen molar-refractivity contribution < 1.29 is 9.18 Å². The molecule has 5 rings (SSSR count). The van der Waals surface area contributed by atoms with Gasteiger partial charge in [-0.25, -0.2) is 14.4 Å². The molecule has 1 aliphatic rings. The van der Waals surface area contributed by atoms with E-state index in [2.05, 4.69) is 14.9 Å². The molecule has 0 spiro atoms. The molecule has 158 valence electrons. The summed E-state index contributed by atoms with van der Waals surface area (Å²) in [5.74, 6) is -0.436. The molecule has 1 fully saturated rings. The lowest BCUT2D eigenvalue weighted by Crippen LogP contribution is -2.48. The lowest BCUT2D eigenvalue weighted by molar-refractivity contribution is 0.0631. The van der Waals surface area contributed by atoms with Gasteiger partial charge in [-0.15, -0.1) is 22.7 Å². The molecule has 1 aliphatic heterocycles. The number of carbonyl (C=O) groups excluding carboxylic acids is 1. The van der Waals surface area contributed by atoms with Crippen molar-refractivity contribution in [1.82, 2.24) is 24.2 Å². The third kappa shape index (κ3) is 4.01. The quantitative estimate of drug-likeness (QED) is 0.473. The van der Waals surface area contributed by atoms with Crippen LogP contribution in [0.1, 0.15) is 15.4 Å². The van der Waals surface area contributed by atoms with Gasteiger partial charge in [0.25, 0.3) is 11.5 Å². The van der Waals surface area contributed by atoms with Crippen molar-refractivity contribution in [3.05, 3.63) is 74.8 Å². The number of thiazole rings is 2. The van der Waals surface area contributed by atoms with E-state index < -0.39 is 0 Å². The molecule has 0 unspecified atom stereocenters. The Labute approximate surface area is 185 Å². The van der Waals surface area contributed by atoms with Crippen LogP contribution in [-0.2, 0) is 6.54 Å². The summed E-state index contributed by atoms with van der Waals surface area (Å²) in [6, 6.07) is 7.99. The topological polar surface area (TPSA) is 70.8 Å². The summed E-state index contributed by atoms with van der Waals surface area (Å²) in [5.41, 5.74) is 1.07. The molecule has 0 bridgehead atoms. The summed E-state index contributed by atoms with van der Waals surface area (Å²) in [4.78, 5) is 39.0. The van der Waals surface area contributed by atoms with Crippen LogP contribution in [0.5, 0.6) is 0 Å². The molecule has 10 heteroatoms. The minimum atomic E-state index is -0.349. The third-order valence-electron chi connectivity index (χ3n) is 5.22. The molecule has 4 heterocycles. The summed E-state index contributed by atoms with van der Waals surface area (Å²) >= 11 is 2.64. The highest BCUT2D eigenvalue weighted by molar-refractivity contribution is 7.17. The molecule has 1 aromatic carbocycles. The Bertz CT molecular complexity index is 1310. The van der Waals surface area contributed by atoms with Gasteiger partial charge in [0.15, 0.2) is 4.96 Å². The van der Waals surface area contributed by atoms with Crippen LogP contribution in [0.25, 0.3) is 15.5 Å². The predicted molar refractivity (Wildman–Crippen MR) is 118 cm³/mol. The first-order valence-corrected chi connectivity index (χ1v) is 11.5. The number of carbonyl (C=O) groups is 1. The Morgan fingerprint density at radius 2 is 1.97 bits per heavy atom. The fourth-order valence-electron chi connectivity index (χ4n) is 3.60. The lowest BCUT2D eigenvalue weighted by Gasteiger charge is -2.34. The first kappa shape index (κ1) is 20.0. The van der Waals surface area contributed by atoms with E-state index in [0.717, 1.165) is 5.69 Å². The van der Waals surface area contributed by atoms with Gasteiger partial charge in [0.2, 0.25) is 0 Å². The van der Waals surface area contributed by atoms with E-state index in [4.69, 9.17) is 0 Å². The van der Waals surface area contributed by atoms with Gasteiger partial charge >= 0.3 is 0 Å². The Morgan fingerprint density at radius 1 is 1.16 bits per heavy atom. The molecule has 0 atom stereocenters. The normalized spacial score (nSPS) is 14.9. The van der Waals surface area contributed by atoms with E-state index in [1.165, 1.54) is 39.3 Å². The molecule has 0 N–H and O–H groups in total. The largest absolute Gasteiger partial charge is 0.335 e. The molecule has 7 nitrogen and oxygen atoms in total. The number of amides is 1. The molecular formula is C21H18FN5O2S2. The number of fused-ring (bicyclic) bond motifs is 1. The van der Waals surface area contributed by atoms with Crippen molar-refractivity contribution in [2.24, 2.45) is 0 Å². The smallest absolute Gasteiger partial charge is 0.265 e. The van der Waals surface area contributed by atoms with Crippen molar-refractivity contribution in [2.75, 3.05) is 26.2 Å². The third-order valence-corrected chi connectivity index (χ3v) is 7.00. The summed E-state index contributed by atoms with van der Waals surface area (Å²) in [7, 11) is 0. The number of rotatable bonds is 4. The molecule has 31 heavy (non-hydrogen) atoms. The number of halogens is 1. The Balaban J connectivity index is 1.23. The van der Waals surface area contributed by atoms with Crippen LogP contribution in [0.4, 0.5) is 4.39 Å². The second-order valence-electron chi connectivity index (χ2n) is 7.22. The highest BCUT2D eigenvalue weighted by Crippen LogP contribution is 2.28. The number of hydrogen-bond acceptors (Lipinski definition) is 7. The molecule has 1 amide bonds. The summed E-state index contributed by atoms with van der Waals surface area (Å²) in [6.07, 6.45) is 3.25. The first-order chi connectivity index (χ1) is 15.1. The second-order valence-corrected chi connectivity index (χ2v) is 9.12. The molecule has 4 aromatic rings.